The molecule has 0 heterocycles. The van der Waals surface area contributed by atoms with Gasteiger partial charge in [0.2, 0.25) is 0 Å². The van der Waals surface area contributed by atoms with Crippen molar-refractivity contribution in [3.05, 3.63) is 71.8 Å². The topological polar surface area (TPSA) is 109 Å². The van der Waals surface area contributed by atoms with Gasteiger partial charge in [-0.3, -0.25) is 23.2 Å². The molecular weight excluding hydrogens is 834 g/mol. The number of benzene rings is 2. The minimum Gasteiger partial charge on any atom is -0.462 e. The van der Waals surface area contributed by atoms with Crippen molar-refractivity contribution in [3.63, 3.8) is 0 Å². The summed E-state index contributed by atoms with van der Waals surface area (Å²) < 4.78 is 42.9. The Morgan fingerprint density at radius 1 is 0.477 bits per heavy atom. The molecule has 0 spiro atoms. The van der Waals surface area contributed by atoms with E-state index in [1.807, 2.05) is 60.7 Å². The third-order valence-electron chi connectivity index (χ3n) is 12.0. The third kappa shape index (κ3) is 36.2. The van der Waals surface area contributed by atoms with Crippen molar-refractivity contribution in [3.8, 4) is 0 Å². The largest absolute Gasteiger partial charge is 0.475 e. The summed E-state index contributed by atoms with van der Waals surface area (Å²) in [4.78, 5) is 25.9. The number of rotatable bonds is 47. The summed E-state index contributed by atoms with van der Waals surface area (Å²) in [6.07, 6.45) is 37.1. The van der Waals surface area contributed by atoms with E-state index in [9.17, 15) is 14.2 Å². The molecule has 0 aliphatic rings. The number of nitrogens with one attached hydrogen (secondary N) is 1. The molecule has 2 aromatic carbocycles. The molecule has 372 valence electrons. The highest BCUT2D eigenvalue weighted by atomic mass is 31.2. The van der Waals surface area contributed by atoms with Crippen molar-refractivity contribution in [1.82, 2.24) is 5.32 Å². The van der Waals surface area contributed by atoms with Crippen molar-refractivity contribution in [2.75, 3.05) is 26.4 Å². The standard InChI is InChI=1S/C55H94NO8P/c1-3-5-7-9-11-13-15-17-19-21-23-25-27-29-37-43-54(57)60-49-53(64-55(58)44-38-30-28-26-24-22-20-18-16-14-12-10-8-6-4-2)50-63-65(59,62-48-52-41-35-32-36-42-52)61-46-45-56-47-51-39-33-31-34-40-51/h31-36,39-42,53,56H,3-30,37-38,43-50H2,1-2H3/t53-,65-/m1/s1. The molecule has 0 bridgehead atoms. The SMILES string of the molecule is CCCCCCCCCCCCCCCCCC(=O)OC[C@H](CO[P@](=O)(OCCNCc1ccccc1)OCc1ccccc1)OC(=O)CCCCCCCCCCCCCCCCC. The Bertz CT molecular complexity index is 1410. The van der Waals surface area contributed by atoms with E-state index in [4.69, 9.17) is 23.0 Å². The molecule has 0 aliphatic heterocycles. The second-order valence-corrected chi connectivity index (χ2v) is 19.9. The molecule has 1 N–H and O–H groups in total. The maximum Gasteiger partial charge on any atom is 0.475 e. The lowest BCUT2D eigenvalue weighted by Gasteiger charge is -2.22. The van der Waals surface area contributed by atoms with Gasteiger partial charge in [0.15, 0.2) is 6.10 Å². The van der Waals surface area contributed by atoms with Gasteiger partial charge in [0.1, 0.15) is 6.61 Å². The lowest BCUT2D eigenvalue weighted by Crippen LogP contribution is -2.30. The van der Waals surface area contributed by atoms with E-state index in [0.29, 0.717) is 19.5 Å². The number of esters is 2. The van der Waals surface area contributed by atoms with Gasteiger partial charge in [-0.1, -0.05) is 254 Å². The van der Waals surface area contributed by atoms with E-state index in [1.54, 1.807) is 0 Å². The van der Waals surface area contributed by atoms with Crippen LogP contribution in [0.2, 0.25) is 0 Å². The highest BCUT2D eigenvalue weighted by molar-refractivity contribution is 7.48. The molecule has 0 amide bonds. The third-order valence-corrected chi connectivity index (χ3v) is 13.5. The van der Waals surface area contributed by atoms with E-state index in [-0.39, 0.29) is 38.8 Å². The van der Waals surface area contributed by atoms with Gasteiger partial charge in [-0.05, 0) is 24.0 Å². The van der Waals surface area contributed by atoms with Crippen LogP contribution in [0.1, 0.15) is 230 Å². The van der Waals surface area contributed by atoms with Crippen LogP contribution in [0.5, 0.6) is 0 Å². The molecule has 2 atom stereocenters. The fraction of sp³-hybridized carbons (Fsp3) is 0.745. The Labute approximate surface area is 397 Å². The predicted octanol–water partition coefficient (Wildman–Crippen LogP) is 16.1. The van der Waals surface area contributed by atoms with Gasteiger partial charge in [0.05, 0.1) is 19.8 Å². The average molecular weight is 928 g/mol. The molecule has 9 nitrogen and oxygen atoms in total. The number of hydrogen-bond acceptors (Lipinski definition) is 9. The molecule has 0 unspecified atom stereocenters. The van der Waals surface area contributed by atoms with Gasteiger partial charge >= 0.3 is 19.8 Å². The Morgan fingerprint density at radius 2 is 0.877 bits per heavy atom. The molecule has 0 radical (unpaired) electrons. The Hall–Kier alpha value is -2.55. The normalized spacial score (nSPS) is 12.8. The van der Waals surface area contributed by atoms with Crippen LogP contribution in [0.15, 0.2) is 60.7 Å². The molecular formula is C55H94NO8P. The summed E-state index contributed by atoms with van der Waals surface area (Å²) >= 11 is 0. The monoisotopic (exact) mass is 928 g/mol. The van der Waals surface area contributed by atoms with Crippen LogP contribution in [0, 0.1) is 0 Å². The molecule has 0 aromatic heterocycles. The van der Waals surface area contributed by atoms with Crippen LogP contribution >= 0.6 is 7.82 Å². The maximum atomic E-state index is 14.0. The van der Waals surface area contributed by atoms with Gasteiger partial charge in [0.25, 0.3) is 0 Å². The molecule has 0 aliphatic carbocycles. The first-order valence-corrected chi connectivity index (χ1v) is 28.1. The van der Waals surface area contributed by atoms with E-state index in [1.165, 1.54) is 154 Å². The number of carbonyl (C=O) groups excluding carboxylic acids is 2. The lowest BCUT2D eigenvalue weighted by molar-refractivity contribution is -0.161. The molecule has 0 fully saturated rings. The summed E-state index contributed by atoms with van der Waals surface area (Å²) in [6, 6.07) is 19.4. The number of hydrogen-bond donors (Lipinski definition) is 1. The first kappa shape index (κ1) is 58.6. The van der Waals surface area contributed by atoms with Crippen molar-refractivity contribution >= 4 is 19.8 Å². The fourth-order valence-corrected chi connectivity index (χ4v) is 9.17. The number of phosphoric acid groups is 1. The summed E-state index contributed by atoms with van der Waals surface area (Å²) in [5.74, 6) is -0.731. The Kier molecular flexibility index (Phi) is 38.6. The molecule has 65 heavy (non-hydrogen) atoms. The minimum atomic E-state index is -4.11. The fourth-order valence-electron chi connectivity index (χ4n) is 7.97. The summed E-state index contributed by atoms with van der Waals surface area (Å²) in [6.45, 7) is 5.14. The van der Waals surface area contributed by atoms with E-state index >= 15 is 0 Å². The first-order chi connectivity index (χ1) is 31.9. The van der Waals surface area contributed by atoms with E-state index in [0.717, 1.165) is 49.7 Å². The first-order valence-electron chi connectivity index (χ1n) is 26.6. The number of carbonyl (C=O) groups is 2. The van der Waals surface area contributed by atoms with Crippen molar-refractivity contribution < 1.29 is 37.2 Å². The smallest absolute Gasteiger partial charge is 0.462 e. The van der Waals surface area contributed by atoms with E-state index in [2.05, 4.69) is 19.2 Å². The van der Waals surface area contributed by atoms with Gasteiger partial charge in [-0.15, -0.1) is 0 Å². The highest BCUT2D eigenvalue weighted by Crippen LogP contribution is 2.50. The zero-order valence-electron chi connectivity index (χ0n) is 41.4. The molecule has 10 heteroatoms. The van der Waals surface area contributed by atoms with Crippen molar-refractivity contribution in [2.45, 2.75) is 239 Å². The highest BCUT2D eigenvalue weighted by Gasteiger charge is 2.30. The number of phosphoric ester groups is 1. The zero-order chi connectivity index (χ0) is 46.6. The lowest BCUT2D eigenvalue weighted by atomic mass is 10.0. The quantitative estimate of drug-likeness (QED) is 0.0394. The summed E-state index contributed by atoms with van der Waals surface area (Å²) in [5.41, 5.74) is 1.93. The number of unbranched alkanes of at least 4 members (excludes halogenated alkanes) is 28. The minimum absolute atomic E-state index is 0.00739. The van der Waals surface area contributed by atoms with Gasteiger partial charge in [-0.25, -0.2) is 4.57 Å². The van der Waals surface area contributed by atoms with E-state index < -0.39 is 19.9 Å². The average Bonchev–Trinajstić information content (AvgIpc) is 3.32. The predicted molar refractivity (Wildman–Crippen MR) is 269 cm³/mol. The molecule has 0 saturated carbocycles. The zero-order valence-corrected chi connectivity index (χ0v) is 42.3. The molecule has 2 rings (SSSR count). The maximum absolute atomic E-state index is 14.0. The van der Waals surface area contributed by atoms with Crippen molar-refractivity contribution in [2.24, 2.45) is 0 Å². The Morgan fingerprint density at radius 3 is 1.32 bits per heavy atom. The van der Waals surface area contributed by atoms with Crippen LogP contribution in [-0.2, 0) is 50.4 Å². The number of ether oxygens (including phenoxy) is 2. The summed E-state index contributed by atoms with van der Waals surface area (Å²) in [5, 5.41) is 3.29. The van der Waals surface area contributed by atoms with Crippen LogP contribution < -0.4 is 5.32 Å². The Balaban J connectivity index is 1.79. The van der Waals surface area contributed by atoms with Crippen LogP contribution in [0.4, 0.5) is 0 Å². The molecule has 2 aromatic rings. The van der Waals surface area contributed by atoms with Crippen molar-refractivity contribution in [1.29, 1.82) is 0 Å². The van der Waals surface area contributed by atoms with Gasteiger partial charge in [0, 0.05) is 25.9 Å². The summed E-state index contributed by atoms with van der Waals surface area (Å²) in [7, 11) is -4.11. The molecule has 0 saturated heterocycles. The second kappa shape index (κ2) is 42.8. The van der Waals surface area contributed by atoms with Crippen LogP contribution in [0.3, 0.4) is 0 Å². The second-order valence-electron chi connectivity index (χ2n) is 18.2. The van der Waals surface area contributed by atoms with Gasteiger partial charge in [-0.2, -0.15) is 0 Å². The van der Waals surface area contributed by atoms with Gasteiger partial charge < -0.3 is 14.8 Å². The van der Waals surface area contributed by atoms with Crippen LogP contribution in [0.25, 0.3) is 0 Å². The van der Waals surface area contributed by atoms with Crippen LogP contribution in [-0.4, -0.2) is 44.4 Å².